The van der Waals surface area contributed by atoms with Crippen molar-refractivity contribution < 1.29 is 14.2 Å². The van der Waals surface area contributed by atoms with Crippen molar-refractivity contribution in [2.75, 3.05) is 0 Å². The molecule has 4 rings (SSSR count). The van der Waals surface area contributed by atoms with Gasteiger partial charge in [0.1, 0.15) is 11.5 Å². The highest BCUT2D eigenvalue weighted by molar-refractivity contribution is 6.31. The summed E-state index contributed by atoms with van der Waals surface area (Å²) in [4.78, 5) is 0. The van der Waals surface area contributed by atoms with Crippen molar-refractivity contribution in [1.82, 2.24) is 0 Å². The molecule has 2 atom stereocenters. The molecule has 0 saturated carbocycles. The molecule has 108 valence electrons. The highest BCUT2D eigenvalue weighted by Crippen LogP contribution is 2.50. The average Bonchev–Trinajstić information content (AvgIpc) is 2.41. The maximum absolute atomic E-state index is 6.13. The number of fused-ring (bicyclic) bond motifs is 6. The van der Waals surface area contributed by atoms with Gasteiger partial charge in [-0.15, -0.1) is 0 Å². The van der Waals surface area contributed by atoms with Gasteiger partial charge in [-0.1, -0.05) is 23.2 Å². The minimum Gasteiger partial charge on any atom is -0.459 e. The highest BCUT2D eigenvalue weighted by Gasteiger charge is 2.39. The van der Waals surface area contributed by atoms with E-state index in [-0.39, 0.29) is 0 Å². The summed E-state index contributed by atoms with van der Waals surface area (Å²) in [5.41, 5.74) is 3.55. The third-order valence-electron chi connectivity index (χ3n) is 3.74. The molecule has 2 aromatic carbocycles. The van der Waals surface area contributed by atoms with Crippen molar-refractivity contribution >= 4 is 23.2 Å². The zero-order chi connectivity index (χ0) is 14.7. The van der Waals surface area contributed by atoms with Gasteiger partial charge >= 0.3 is 0 Å². The molecule has 2 heterocycles. The van der Waals surface area contributed by atoms with E-state index in [1.165, 1.54) is 0 Å². The molecule has 5 heteroatoms. The van der Waals surface area contributed by atoms with Crippen molar-refractivity contribution in [3.05, 3.63) is 56.6 Å². The Balaban J connectivity index is 1.89. The Bertz CT molecular complexity index is 694. The quantitative estimate of drug-likeness (QED) is 0.674. The van der Waals surface area contributed by atoms with Crippen LogP contribution in [-0.4, -0.2) is 0 Å². The minimum atomic E-state index is -0.511. The molecular formula is C16H12Cl2O3. The van der Waals surface area contributed by atoms with Crippen LogP contribution < -0.4 is 9.47 Å². The van der Waals surface area contributed by atoms with Gasteiger partial charge in [-0.25, -0.2) is 0 Å². The van der Waals surface area contributed by atoms with Crippen LogP contribution in [0.4, 0.5) is 0 Å². The van der Waals surface area contributed by atoms with Gasteiger partial charge in [-0.3, -0.25) is 4.74 Å². The average molecular weight is 323 g/mol. The van der Waals surface area contributed by atoms with E-state index in [9.17, 15) is 0 Å². The SMILES string of the molecule is Cc1cc(Cl)cc2c1OC1OC2Oc2c(C)cc(Cl)cc21. The number of ether oxygens (including phenoxy) is 3. The predicted molar refractivity (Wildman–Crippen MR) is 80.2 cm³/mol. The number of hydrogen-bond donors (Lipinski definition) is 0. The van der Waals surface area contributed by atoms with Gasteiger partial charge in [0.05, 0.1) is 11.1 Å². The fourth-order valence-corrected chi connectivity index (χ4v) is 3.40. The lowest BCUT2D eigenvalue weighted by Gasteiger charge is -2.39. The summed E-state index contributed by atoms with van der Waals surface area (Å²) in [7, 11) is 0. The fraction of sp³-hybridized carbons (Fsp3) is 0.250. The molecule has 0 radical (unpaired) electrons. The van der Waals surface area contributed by atoms with Gasteiger partial charge in [0.25, 0.3) is 0 Å². The van der Waals surface area contributed by atoms with E-state index in [1.54, 1.807) is 0 Å². The molecule has 3 nitrogen and oxygen atoms in total. The molecule has 2 unspecified atom stereocenters. The lowest BCUT2D eigenvalue weighted by molar-refractivity contribution is -0.228. The summed E-state index contributed by atoms with van der Waals surface area (Å²) in [6.45, 7) is 3.91. The van der Waals surface area contributed by atoms with Gasteiger partial charge in [0.15, 0.2) is 0 Å². The Kier molecular flexibility index (Phi) is 2.86. The maximum atomic E-state index is 6.13. The number of hydrogen-bond acceptors (Lipinski definition) is 3. The second-order valence-corrected chi connectivity index (χ2v) is 6.19. The second kappa shape index (κ2) is 4.54. The Morgan fingerprint density at radius 2 is 1.19 bits per heavy atom. The zero-order valence-electron chi connectivity index (χ0n) is 11.4. The third-order valence-corrected chi connectivity index (χ3v) is 4.18. The Hall–Kier alpha value is -1.42. The van der Waals surface area contributed by atoms with Crippen LogP contribution in [-0.2, 0) is 4.74 Å². The molecule has 0 aliphatic carbocycles. The van der Waals surface area contributed by atoms with E-state index in [0.29, 0.717) is 10.0 Å². The van der Waals surface area contributed by atoms with Crippen molar-refractivity contribution in [3.63, 3.8) is 0 Å². The van der Waals surface area contributed by atoms with E-state index in [0.717, 1.165) is 33.8 Å². The van der Waals surface area contributed by atoms with Gasteiger partial charge in [0.2, 0.25) is 12.6 Å². The Morgan fingerprint density at radius 3 is 1.62 bits per heavy atom. The van der Waals surface area contributed by atoms with E-state index >= 15 is 0 Å². The van der Waals surface area contributed by atoms with Crippen LogP contribution in [0, 0.1) is 13.8 Å². The van der Waals surface area contributed by atoms with Gasteiger partial charge < -0.3 is 9.47 Å². The number of benzene rings is 2. The summed E-state index contributed by atoms with van der Waals surface area (Å²) in [5.74, 6) is 1.54. The molecular weight excluding hydrogens is 311 g/mol. The Morgan fingerprint density at radius 1 is 0.762 bits per heavy atom. The monoisotopic (exact) mass is 322 g/mol. The van der Waals surface area contributed by atoms with Crippen LogP contribution >= 0.6 is 23.2 Å². The summed E-state index contributed by atoms with van der Waals surface area (Å²) in [6, 6.07) is 7.37. The van der Waals surface area contributed by atoms with Crippen molar-refractivity contribution in [3.8, 4) is 11.5 Å². The van der Waals surface area contributed by atoms with Crippen molar-refractivity contribution in [2.45, 2.75) is 26.4 Å². The van der Waals surface area contributed by atoms with E-state index in [4.69, 9.17) is 37.4 Å². The number of rotatable bonds is 0. The van der Waals surface area contributed by atoms with Crippen molar-refractivity contribution in [2.24, 2.45) is 0 Å². The molecule has 0 fully saturated rings. The second-order valence-electron chi connectivity index (χ2n) is 5.32. The normalized spacial score (nSPS) is 21.9. The number of halogens is 2. The molecule has 2 aromatic rings. The standard InChI is InChI=1S/C16H12Cl2O3/c1-7-3-9(17)5-11-13(7)19-16-12-6-10(18)4-8(2)14(12)20-15(11)21-16/h3-6,15-16H,1-2H3. The highest BCUT2D eigenvalue weighted by atomic mass is 35.5. The van der Waals surface area contributed by atoms with Crippen LogP contribution in [0.2, 0.25) is 10.0 Å². The molecule has 0 spiro atoms. The van der Waals surface area contributed by atoms with Crippen LogP contribution in [0.25, 0.3) is 0 Å². The third kappa shape index (κ3) is 2.00. The van der Waals surface area contributed by atoms with Crippen LogP contribution in [0.5, 0.6) is 11.5 Å². The number of aryl methyl sites for hydroxylation is 2. The predicted octanol–water partition coefficient (Wildman–Crippen LogP) is 5.11. The summed E-state index contributed by atoms with van der Waals surface area (Å²) >= 11 is 12.3. The summed E-state index contributed by atoms with van der Waals surface area (Å²) in [6.07, 6.45) is -1.02. The maximum Gasteiger partial charge on any atom is 0.234 e. The molecule has 2 bridgehead atoms. The first-order valence-corrected chi connectivity index (χ1v) is 7.37. The first-order chi connectivity index (χ1) is 10.0. The lowest BCUT2D eigenvalue weighted by atomic mass is 10.0. The van der Waals surface area contributed by atoms with E-state index in [1.807, 2.05) is 38.1 Å². The first kappa shape index (κ1) is 13.3. The minimum absolute atomic E-state index is 0.511. The van der Waals surface area contributed by atoms with Gasteiger partial charge in [-0.05, 0) is 49.2 Å². The summed E-state index contributed by atoms with van der Waals surface area (Å²) in [5, 5.41) is 1.28. The fourth-order valence-electron chi connectivity index (χ4n) is 2.84. The molecule has 21 heavy (non-hydrogen) atoms. The van der Waals surface area contributed by atoms with Crippen LogP contribution in [0.1, 0.15) is 34.8 Å². The van der Waals surface area contributed by atoms with E-state index in [2.05, 4.69) is 0 Å². The molecule has 0 N–H and O–H groups in total. The first-order valence-electron chi connectivity index (χ1n) is 6.62. The van der Waals surface area contributed by atoms with Crippen LogP contribution in [0.3, 0.4) is 0 Å². The lowest BCUT2D eigenvalue weighted by Crippen LogP contribution is -2.31. The summed E-state index contributed by atoms with van der Waals surface area (Å²) < 4.78 is 17.8. The smallest absolute Gasteiger partial charge is 0.234 e. The largest absolute Gasteiger partial charge is 0.459 e. The molecule has 2 aliphatic rings. The molecule has 0 saturated heterocycles. The van der Waals surface area contributed by atoms with Gasteiger partial charge in [0, 0.05) is 10.0 Å². The topological polar surface area (TPSA) is 27.7 Å². The van der Waals surface area contributed by atoms with E-state index < -0.39 is 12.6 Å². The molecule has 0 amide bonds. The van der Waals surface area contributed by atoms with Crippen molar-refractivity contribution in [1.29, 1.82) is 0 Å². The van der Waals surface area contributed by atoms with Crippen LogP contribution in [0.15, 0.2) is 24.3 Å². The molecule has 2 aliphatic heterocycles. The Labute approximate surface area is 132 Å². The molecule has 0 aromatic heterocycles. The zero-order valence-corrected chi connectivity index (χ0v) is 13.0. The van der Waals surface area contributed by atoms with Gasteiger partial charge in [-0.2, -0.15) is 0 Å².